The summed E-state index contributed by atoms with van der Waals surface area (Å²) in [6.07, 6.45) is 4.84. The van der Waals surface area contributed by atoms with Crippen molar-refractivity contribution in [2.45, 2.75) is 51.4 Å². The lowest BCUT2D eigenvalue weighted by Gasteiger charge is -2.15. The van der Waals surface area contributed by atoms with Crippen molar-refractivity contribution in [1.29, 1.82) is 0 Å². The number of benzene rings is 1. The van der Waals surface area contributed by atoms with E-state index in [1.54, 1.807) is 0 Å². The molecule has 2 atom stereocenters. The Morgan fingerprint density at radius 2 is 1.96 bits per heavy atom. The Labute approximate surface area is 172 Å². The van der Waals surface area contributed by atoms with E-state index in [0.717, 1.165) is 50.2 Å². The number of nitrogens with zero attached hydrogens (tertiary/aromatic N) is 1. The van der Waals surface area contributed by atoms with Crippen LogP contribution in [0.2, 0.25) is 0 Å². The number of hydrogen-bond donors (Lipinski definition) is 2. The molecule has 0 bridgehead atoms. The van der Waals surface area contributed by atoms with Crippen LogP contribution in [0.25, 0.3) is 0 Å². The van der Waals surface area contributed by atoms with Gasteiger partial charge in [-0.2, -0.15) is 0 Å². The molecule has 2 aliphatic heterocycles. The van der Waals surface area contributed by atoms with E-state index in [2.05, 4.69) is 35.4 Å². The zero-order chi connectivity index (χ0) is 17.5. The quantitative estimate of drug-likeness (QED) is 0.360. The molecule has 1 aromatic rings. The van der Waals surface area contributed by atoms with E-state index in [4.69, 9.17) is 19.9 Å². The van der Waals surface area contributed by atoms with Gasteiger partial charge in [0.25, 0.3) is 0 Å². The molecular weight excluding hydrogens is 445 g/mol. The fourth-order valence-electron chi connectivity index (χ4n) is 3.14. The van der Waals surface area contributed by atoms with Crippen LogP contribution >= 0.6 is 24.0 Å². The number of nitrogens with two attached hydrogens (primary N) is 1. The molecule has 3 N–H and O–H groups in total. The minimum Gasteiger partial charge on any atom is -0.491 e. The van der Waals surface area contributed by atoms with Crippen LogP contribution in [0.1, 0.15) is 36.8 Å². The van der Waals surface area contributed by atoms with Crippen molar-refractivity contribution < 1.29 is 14.2 Å². The van der Waals surface area contributed by atoms with Gasteiger partial charge in [0.15, 0.2) is 5.96 Å². The summed E-state index contributed by atoms with van der Waals surface area (Å²) in [6.45, 7) is 5.54. The lowest BCUT2D eigenvalue weighted by atomic mass is 10.1. The Morgan fingerprint density at radius 1 is 1.23 bits per heavy atom. The smallest absolute Gasteiger partial charge is 0.189 e. The van der Waals surface area contributed by atoms with Crippen molar-refractivity contribution in [1.82, 2.24) is 5.32 Å². The van der Waals surface area contributed by atoms with Crippen molar-refractivity contribution in [2.75, 3.05) is 26.4 Å². The number of aliphatic imine (C=N–C) groups is 1. The van der Waals surface area contributed by atoms with Crippen molar-refractivity contribution in [3.8, 4) is 5.75 Å². The van der Waals surface area contributed by atoms with Gasteiger partial charge < -0.3 is 25.3 Å². The van der Waals surface area contributed by atoms with Gasteiger partial charge in [-0.25, -0.2) is 4.99 Å². The summed E-state index contributed by atoms with van der Waals surface area (Å²) < 4.78 is 17.2. The Balaban J connectivity index is 0.00000243. The normalized spacial score (nSPS) is 22.9. The molecule has 0 amide bonds. The van der Waals surface area contributed by atoms with Crippen molar-refractivity contribution in [3.05, 3.63) is 29.3 Å². The molecule has 0 radical (unpaired) electrons. The fraction of sp³-hybridized carbons (Fsp3) is 0.632. The first-order chi connectivity index (χ1) is 12.2. The molecule has 26 heavy (non-hydrogen) atoms. The zero-order valence-corrected chi connectivity index (χ0v) is 17.7. The number of nitrogens with one attached hydrogen (secondary N) is 1. The standard InChI is InChI=1S/C19H29N3O3.HI/c1-14-6-7-15(18(10-14)25-13-17-5-3-9-24-17)11-21-19(20)22-12-16-4-2-8-23-16;/h6-7,10,16-17H,2-5,8-9,11-13H2,1H3,(H3,20,21,22);1H. The van der Waals surface area contributed by atoms with Crippen LogP contribution in [0, 0.1) is 6.92 Å². The number of aryl methyl sites for hydroxylation is 1. The van der Waals surface area contributed by atoms with Crippen LogP contribution in [-0.4, -0.2) is 44.5 Å². The predicted molar refractivity (Wildman–Crippen MR) is 113 cm³/mol. The van der Waals surface area contributed by atoms with E-state index in [1.165, 1.54) is 5.56 Å². The average Bonchev–Trinajstić information content (AvgIpc) is 3.30. The van der Waals surface area contributed by atoms with Crippen LogP contribution in [-0.2, 0) is 16.0 Å². The second-order valence-electron chi connectivity index (χ2n) is 6.77. The Hall–Kier alpha value is -1.06. The fourth-order valence-corrected chi connectivity index (χ4v) is 3.14. The molecule has 2 fully saturated rings. The maximum Gasteiger partial charge on any atom is 0.189 e. The summed E-state index contributed by atoms with van der Waals surface area (Å²) in [5.41, 5.74) is 8.17. The van der Waals surface area contributed by atoms with Crippen LogP contribution in [0.3, 0.4) is 0 Å². The molecule has 2 saturated heterocycles. The summed E-state index contributed by atoms with van der Waals surface area (Å²) in [5, 5.41) is 3.14. The predicted octanol–water partition coefficient (Wildman–Crippen LogP) is 2.75. The van der Waals surface area contributed by atoms with Crippen LogP contribution < -0.4 is 15.8 Å². The van der Waals surface area contributed by atoms with Crippen LogP contribution in [0.15, 0.2) is 23.2 Å². The van der Waals surface area contributed by atoms with Gasteiger partial charge in [0.2, 0.25) is 0 Å². The summed E-state index contributed by atoms with van der Waals surface area (Å²) in [4.78, 5) is 4.44. The maximum atomic E-state index is 6.00. The maximum absolute atomic E-state index is 6.00. The molecule has 6 nitrogen and oxygen atoms in total. The van der Waals surface area contributed by atoms with E-state index in [9.17, 15) is 0 Å². The molecule has 0 aliphatic carbocycles. The highest BCUT2D eigenvalue weighted by Gasteiger charge is 2.17. The third-order valence-corrected chi connectivity index (χ3v) is 4.63. The topological polar surface area (TPSA) is 78.1 Å². The molecule has 2 aliphatic rings. The molecule has 0 saturated carbocycles. The van der Waals surface area contributed by atoms with Gasteiger partial charge in [-0.1, -0.05) is 12.1 Å². The van der Waals surface area contributed by atoms with E-state index in [0.29, 0.717) is 25.7 Å². The molecule has 1 aromatic carbocycles. The molecule has 3 rings (SSSR count). The van der Waals surface area contributed by atoms with Gasteiger partial charge >= 0.3 is 0 Å². The molecule has 0 spiro atoms. The van der Waals surface area contributed by atoms with Gasteiger partial charge in [0, 0.05) is 25.3 Å². The largest absolute Gasteiger partial charge is 0.491 e. The average molecular weight is 475 g/mol. The number of halogens is 1. The second-order valence-corrected chi connectivity index (χ2v) is 6.77. The van der Waals surface area contributed by atoms with Crippen LogP contribution in [0.5, 0.6) is 5.75 Å². The van der Waals surface area contributed by atoms with Crippen molar-refractivity contribution in [2.24, 2.45) is 10.7 Å². The van der Waals surface area contributed by atoms with Gasteiger partial charge in [0.05, 0.1) is 18.8 Å². The molecule has 2 unspecified atom stereocenters. The van der Waals surface area contributed by atoms with E-state index < -0.39 is 0 Å². The van der Waals surface area contributed by atoms with Gasteiger partial charge in [0.1, 0.15) is 12.4 Å². The van der Waals surface area contributed by atoms with Crippen LogP contribution in [0.4, 0.5) is 0 Å². The minimum absolute atomic E-state index is 0. The third kappa shape index (κ3) is 6.59. The molecule has 0 aromatic heterocycles. The molecule has 7 heteroatoms. The third-order valence-electron chi connectivity index (χ3n) is 4.63. The first-order valence-corrected chi connectivity index (χ1v) is 9.20. The first kappa shape index (κ1) is 21.2. The number of guanidine groups is 1. The summed E-state index contributed by atoms with van der Waals surface area (Å²) in [7, 11) is 0. The summed E-state index contributed by atoms with van der Waals surface area (Å²) in [5.74, 6) is 1.31. The first-order valence-electron chi connectivity index (χ1n) is 9.20. The highest BCUT2D eigenvalue weighted by molar-refractivity contribution is 14.0. The minimum atomic E-state index is 0. The van der Waals surface area contributed by atoms with Crippen molar-refractivity contribution in [3.63, 3.8) is 0 Å². The number of ether oxygens (including phenoxy) is 3. The Morgan fingerprint density at radius 3 is 2.65 bits per heavy atom. The second kappa shape index (κ2) is 10.9. The number of hydrogen-bond acceptors (Lipinski definition) is 4. The Kier molecular flexibility index (Phi) is 8.94. The SMILES string of the molecule is Cc1ccc(CN=C(N)NCC2CCCO2)c(OCC2CCCO2)c1.I. The number of rotatable bonds is 7. The summed E-state index contributed by atoms with van der Waals surface area (Å²) >= 11 is 0. The Bertz CT molecular complexity index is 585. The highest BCUT2D eigenvalue weighted by atomic mass is 127. The molecular formula is C19H30IN3O3. The van der Waals surface area contributed by atoms with Gasteiger partial charge in [-0.3, -0.25) is 0 Å². The highest BCUT2D eigenvalue weighted by Crippen LogP contribution is 2.23. The van der Waals surface area contributed by atoms with Gasteiger partial charge in [-0.15, -0.1) is 24.0 Å². The summed E-state index contributed by atoms with van der Waals surface area (Å²) in [6, 6.07) is 6.17. The monoisotopic (exact) mass is 475 g/mol. The van der Waals surface area contributed by atoms with E-state index >= 15 is 0 Å². The van der Waals surface area contributed by atoms with Gasteiger partial charge in [-0.05, 0) is 44.2 Å². The molecule has 2 heterocycles. The van der Waals surface area contributed by atoms with E-state index in [1.807, 2.05) is 0 Å². The van der Waals surface area contributed by atoms with E-state index in [-0.39, 0.29) is 36.2 Å². The zero-order valence-electron chi connectivity index (χ0n) is 15.4. The lowest BCUT2D eigenvalue weighted by molar-refractivity contribution is 0.0676. The van der Waals surface area contributed by atoms with Crippen molar-refractivity contribution >= 4 is 29.9 Å². The lowest BCUT2D eigenvalue weighted by Crippen LogP contribution is -2.37. The molecule has 146 valence electrons.